The van der Waals surface area contributed by atoms with E-state index in [1.165, 1.54) is 0 Å². The fourth-order valence-electron chi connectivity index (χ4n) is 4.27. The summed E-state index contributed by atoms with van der Waals surface area (Å²) in [7, 11) is 0. The second kappa shape index (κ2) is 8.09. The second-order valence-electron chi connectivity index (χ2n) is 8.49. The maximum atomic E-state index is 12.7. The molecule has 152 valence electrons. The number of piperidine rings is 1. The Hall–Kier alpha value is -1.50. The first-order valence-corrected chi connectivity index (χ1v) is 11.5. The van der Waals surface area contributed by atoms with E-state index in [1.54, 1.807) is 0 Å². The van der Waals surface area contributed by atoms with Gasteiger partial charge in [-0.05, 0) is 42.5 Å². The first kappa shape index (κ1) is 19.8. The topological polar surface area (TPSA) is 56.9 Å². The van der Waals surface area contributed by atoms with Crippen LogP contribution in [0.15, 0.2) is 28.7 Å². The first-order chi connectivity index (χ1) is 13.4. The van der Waals surface area contributed by atoms with Crippen LogP contribution in [-0.2, 0) is 5.60 Å². The van der Waals surface area contributed by atoms with E-state index in [2.05, 4.69) is 18.7 Å². The highest BCUT2D eigenvalue weighted by Gasteiger charge is 2.34. The lowest BCUT2D eigenvalue weighted by molar-refractivity contribution is -0.0278. The molecule has 2 aliphatic rings. The van der Waals surface area contributed by atoms with Crippen LogP contribution >= 0.6 is 11.8 Å². The van der Waals surface area contributed by atoms with Gasteiger partial charge in [-0.1, -0.05) is 19.9 Å². The summed E-state index contributed by atoms with van der Waals surface area (Å²) >= 11 is 1.88. The minimum absolute atomic E-state index is 0.0289. The van der Waals surface area contributed by atoms with Gasteiger partial charge in [0, 0.05) is 49.6 Å². The summed E-state index contributed by atoms with van der Waals surface area (Å²) in [4.78, 5) is 17.0. The van der Waals surface area contributed by atoms with Crippen LogP contribution in [0.3, 0.4) is 0 Å². The number of nitrogens with zero attached hydrogens (tertiary/aromatic N) is 2. The van der Waals surface area contributed by atoms with Crippen LogP contribution in [0.5, 0.6) is 0 Å². The van der Waals surface area contributed by atoms with Gasteiger partial charge in [-0.2, -0.15) is 11.8 Å². The number of carbonyl (C=O) groups excluding carboxylic acids is 1. The normalized spacial score (nSPS) is 20.8. The Balaban J connectivity index is 1.51. The van der Waals surface area contributed by atoms with E-state index in [9.17, 15) is 9.90 Å². The van der Waals surface area contributed by atoms with Crippen molar-refractivity contribution in [2.24, 2.45) is 5.92 Å². The number of hydrogen-bond acceptors (Lipinski definition) is 5. The molecule has 2 fully saturated rings. The summed E-state index contributed by atoms with van der Waals surface area (Å²) in [6.07, 6.45) is 1.47. The van der Waals surface area contributed by atoms with Crippen LogP contribution in [0.2, 0.25) is 0 Å². The molecule has 3 heterocycles. The third-order valence-corrected chi connectivity index (χ3v) is 6.81. The van der Waals surface area contributed by atoms with Gasteiger partial charge < -0.3 is 19.3 Å². The first-order valence-electron chi connectivity index (χ1n) is 10.3. The Bertz CT molecular complexity index is 833. The zero-order valence-electron chi connectivity index (χ0n) is 16.8. The zero-order valence-corrected chi connectivity index (χ0v) is 17.6. The molecule has 1 N–H and O–H groups in total. The Morgan fingerprint density at radius 1 is 1.18 bits per heavy atom. The molecule has 4 rings (SSSR count). The molecule has 5 nitrogen and oxygen atoms in total. The number of hydrogen-bond donors (Lipinski definition) is 1. The monoisotopic (exact) mass is 402 g/mol. The van der Waals surface area contributed by atoms with Gasteiger partial charge in [-0.3, -0.25) is 4.79 Å². The molecule has 2 aliphatic heterocycles. The van der Waals surface area contributed by atoms with Crippen LogP contribution in [0.4, 0.5) is 0 Å². The Morgan fingerprint density at radius 2 is 1.89 bits per heavy atom. The van der Waals surface area contributed by atoms with Gasteiger partial charge in [-0.15, -0.1) is 0 Å². The van der Waals surface area contributed by atoms with E-state index >= 15 is 0 Å². The van der Waals surface area contributed by atoms with Gasteiger partial charge in [-0.25, -0.2) is 0 Å². The maximum absolute atomic E-state index is 12.7. The van der Waals surface area contributed by atoms with Crippen molar-refractivity contribution in [1.82, 2.24) is 9.80 Å². The molecule has 0 aliphatic carbocycles. The predicted molar refractivity (Wildman–Crippen MR) is 114 cm³/mol. The number of amides is 1. The third kappa shape index (κ3) is 4.09. The van der Waals surface area contributed by atoms with Crippen LogP contribution in [0, 0.1) is 5.92 Å². The molecule has 2 aromatic rings. The summed E-state index contributed by atoms with van der Waals surface area (Å²) < 4.78 is 5.83. The summed E-state index contributed by atoms with van der Waals surface area (Å²) in [6, 6.07) is 7.68. The summed E-state index contributed by atoms with van der Waals surface area (Å²) in [5.74, 6) is 2.98. The van der Waals surface area contributed by atoms with Crippen molar-refractivity contribution in [2.75, 3.05) is 44.2 Å². The molecule has 0 atom stereocenters. The molecular weight excluding hydrogens is 372 g/mol. The summed E-state index contributed by atoms with van der Waals surface area (Å²) in [5, 5.41) is 12.1. The van der Waals surface area contributed by atoms with Gasteiger partial charge in [0.05, 0.1) is 5.60 Å². The molecular formula is C22H30N2O3S. The number of carbonyl (C=O) groups is 1. The Kier molecular flexibility index (Phi) is 5.72. The van der Waals surface area contributed by atoms with Gasteiger partial charge in [0.15, 0.2) is 5.76 Å². The summed E-state index contributed by atoms with van der Waals surface area (Å²) in [6.45, 7) is 8.92. The lowest BCUT2D eigenvalue weighted by Crippen LogP contribution is -2.43. The minimum Gasteiger partial charge on any atom is -0.451 e. The molecule has 0 unspecified atom stereocenters. The Labute approximate surface area is 171 Å². The van der Waals surface area contributed by atoms with Crippen LogP contribution in [-0.4, -0.2) is 65.0 Å². The number of rotatable bonds is 4. The van der Waals surface area contributed by atoms with Gasteiger partial charge >= 0.3 is 0 Å². The van der Waals surface area contributed by atoms with E-state index in [0.29, 0.717) is 17.3 Å². The van der Waals surface area contributed by atoms with E-state index in [1.807, 2.05) is 40.9 Å². The maximum Gasteiger partial charge on any atom is 0.289 e. The van der Waals surface area contributed by atoms with E-state index in [0.717, 1.165) is 68.0 Å². The molecule has 0 saturated carbocycles. The molecule has 0 bridgehead atoms. The number of benzene rings is 1. The van der Waals surface area contributed by atoms with E-state index < -0.39 is 5.60 Å². The second-order valence-corrected chi connectivity index (χ2v) is 9.72. The lowest BCUT2D eigenvalue weighted by atomic mass is 9.84. The van der Waals surface area contributed by atoms with Crippen molar-refractivity contribution < 1.29 is 14.3 Å². The molecule has 1 aromatic heterocycles. The van der Waals surface area contributed by atoms with Gasteiger partial charge in [0.1, 0.15) is 5.58 Å². The molecule has 1 amide bonds. The van der Waals surface area contributed by atoms with E-state index in [4.69, 9.17) is 4.42 Å². The average molecular weight is 403 g/mol. The number of furan rings is 1. The van der Waals surface area contributed by atoms with Crippen molar-refractivity contribution in [2.45, 2.75) is 32.3 Å². The zero-order chi connectivity index (χ0) is 19.7. The highest BCUT2D eigenvalue weighted by atomic mass is 32.2. The summed E-state index contributed by atoms with van der Waals surface area (Å²) in [5.41, 5.74) is 0.838. The van der Waals surface area contributed by atoms with Crippen LogP contribution in [0.25, 0.3) is 11.0 Å². The molecule has 0 spiro atoms. The molecule has 1 aromatic carbocycles. The van der Waals surface area contributed by atoms with Crippen LogP contribution < -0.4 is 0 Å². The fourth-order valence-corrected chi connectivity index (χ4v) is 5.17. The molecule has 28 heavy (non-hydrogen) atoms. The van der Waals surface area contributed by atoms with Crippen molar-refractivity contribution in [3.8, 4) is 0 Å². The average Bonchev–Trinajstić information content (AvgIpc) is 3.13. The standard InChI is InChI=1S/C22H30N2O3S/c1-16(2)15-23-7-5-22(26,6-8-23)18-3-4-19-17(13-18)14-20(27-19)21(25)24-9-11-28-12-10-24/h3-4,13-14,16,26H,5-12,15H2,1-2H3. The largest absolute Gasteiger partial charge is 0.451 e. The SMILES string of the molecule is CC(C)CN1CCC(O)(c2ccc3oc(C(=O)N4CCSCC4)cc3c2)CC1. The molecule has 2 saturated heterocycles. The minimum atomic E-state index is -0.798. The van der Waals surface area contributed by atoms with Gasteiger partial charge in [0.2, 0.25) is 0 Å². The lowest BCUT2D eigenvalue weighted by Gasteiger charge is -2.39. The van der Waals surface area contributed by atoms with Crippen molar-refractivity contribution in [1.29, 1.82) is 0 Å². The number of fused-ring (bicyclic) bond motifs is 1. The number of aliphatic hydroxyl groups is 1. The predicted octanol–water partition coefficient (Wildman–Crippen LogP) is 3.56. The Morgan fingerprint density at radius 3 is 2.57 bits per heavy atom. The number of thioether (sulfide) groups is 1. The number of likely N-dealkylation sites (tertiary alicyclic amines) is 1. The molecule has 0 radical (unpaired) electrons. The smallest absolute Gasteiger partial charge is 0.289 e. The van der Waals surface area contributed by atoms with Crippen molar-refractivity contribution in [3.05, 3.63) is 35.6 Å². The van der Waals surface area contributed by atoms with Gasteiger partial charge in [0.25, 0.3) is 5.91 Å². The quantitative estimate of drug-likeness (QED) is 0.847. The highest BCUT2D eigenvalue weighted by Crippen LogP contribution is 2.35. The van der Waals surface area contributed by atoms with Crippen LogP contribution in [0.1, 0.15) is 42.8 Å². The third-order valence-electron chi connectivity index (χ3n) is 5.87. The van der Waals surface area contributed by atoms with Crippen molar-refractivity contribution in [3.63, 3.8) is 0 Å². The van der Waals surface area contributed by atoms with Crippen molar-refractivity contribution >= 4 is 28.6 Å². The molecule has 6 heteroatoms. The van der Waals surface area contributed by atoms with E-state index in [-0.39, 0.29) is 5.91 Å². The highest BCUT2D eigenvalue weighted by molar-refractivity contribution is 7.99. The fraction of sp³-hybridized carbons (Fsp3) is 0.591.